The van der Waals surface area contributed by atoms with Gasteiger partial charge in [-0.05, 0) is 49.1 Å². The Balaban J connectivity index is 1.44. The molecule has 0 bridgehead atoms. The van der Waals surface area contributed by atoms with E-state index in [2.05, 4.69) is 0 Å². The monoisotopic (exact) mass is 586 g/mol. The number of hydrogen-bond acceptors (Lipinski definition) is 6. The van der Waals surface area contributed by atoms with Gasteiger partial charge in [0.05, 0.1) is 36.4 Å². The van der Waals surface area contributed by atoms with E-state index in [1.54, 1.807) is 24.3 Å². The standard InChI is InChI=1S/C33H34N2O6S/c1-25-14-15-31-30(19-25)33(37)28(24-41-31)21-34(20-27-11-6-3-7-12-27)32(36)23-35(22-29-13-8-17-40-29)42(38,39)18-16-26-9-4-2-5-10-26/h2-7,9-12,14-16,18-19,24,29H,8,13,17,20-23H2,1H3/b18-16+/t29-/m1/s1. The van der Waals surface area contributed by atoms with Gasteiger partial charge in [-0.3, -0.25) is 9.59 Å². The van der Waals surface area contributed by atoms with Gasteiger partial charge in [-0.15, -0.1) is 0 Å². The van der Waals surface area contributed by atoms with E-state index in [4.69, 9.17) is 9.15 Å². The van der Waals surface area contributed by atoms with Gasteiger partial charge in [0, 0.05) is 25.1 Å². The third-order valence-electron chi connectivity index (χ3n) is 7.26. The predicted octanol–water partition coefficient (Wildman–Crippen LogP) is 5.11. The van der Waals surface area contributed by atoms with Gasteiger partial charge in [-0.1, -0.05) is 72.3 Å². The van der Waals surface area contributed by atoms with Crippen LogP contribution in [0.5, 0.6) is 0 Å². The fourth-order valence-electron chi connectivity index (χ4n) is 4.98. The average molecular weight is 587 g/mol. The van der Waals surface area contributed by atoms with Crippen LogP contribution in [-0.2, 0) is 32.6 Å². The van der Waals surface area contributed by atoms with Crippen molar-refractivity contribution in [2.45, 2.75) is 39.0 Å². The molecule has 0 N–H and O–H groups in total. The van der Waals surface area contributed by atoms with Crippen molar-refractivity contribution in [3.05, 3.63) is 123 Å². The molecule has 0 aliphatic carbocycles. The van der Waals surface area contributed by atoms with Crippen LogP contribution in [-0.4, -0.2) is 49.3 Å². The highest BCUT2D eigenvalue weighted by Gasteiger charge is 2.30. The molecule has 1 fully saturated rings. The molecule has 4 aromatic rings. The number of rotatable bonds is 11. The predicted molar refractivity (Wildman–Crippen MR) is 163 cm³/mol. The summed E-state index contributed by atoms with van der Waals surface area (Å²) in [7, 11) is -3.98. The molecule has 8 nitrogen and oxygen atoms in total. The van der Waals surface area contributed by atoms with Crippen molar-refractivity contribution in [1.82, 2.24) is 9.21 Å². The molecule has 0 spiro atoms. The Labute approximate surface area is 245 Å². The maximum Gasteiger partial charge on any atom is 0.238 e. The van der Waals surface area contributed by atoms with E-state index in [0.29, 0.717) is 29.6 Å². The maximum atomic E-state index is 13.9. The lowest BCUT2D eigenvalue weighted by atomic mass is 10.1. The minimum absolute atomic E-state index is 0.0341. The van der Waals surface area contributed by atoms with Crippen molar-refractivity contribution < 1.29 is 22.4 Å². The van der Waals surface area contributed by atoms with Crippen molar-refractivity contribution in [3.8, 4) is 0 Å². The highest BCUT2D eigenvalue weighted by molar-refractivity contribution is 7.92. The molecule has 1 aromatic heterocycles. The van der Waals surface area contributed by atoms with Gasteiger partial charge in [-0.2, -0.15) is 4.31 Å². The van der Waals surface area contributed by atoms with Crippen molar-refractivity contribution >= 4 is 33.0 Å². The van der Waals surface area contributed by atoms with Gasteiger partial charge in [0.1, 0.15) is 5.58 Å². The molecule has 0 radical (unpaired) electrons. The first-order chi connectivity index (χ1) is 20.3. The maximum absolute atomic E-state index is 13.9. The van der Waals surface area contributed by atoms with E-state index in [9.17, 15) is 18.0 Å². The van der Waals surface area contributed by atoms with E-state index in [1.165, 1.54) is 21.5 Å². The first kappa shape index (κ1) is 29.4. The van der Waals surface area contributed by atoms with Crippen molar-refractivity contribution in [3.63, 3.8) is 0 Å². The van der Waals surface area contributed by atoms with Crippen molar-refractivity contribution in [1.29, 1.82) is 0 Å². The van der Waals surface area contributed by atoms with Crippen LogP contribution in [0.2, 0.25) is 0 Å². The number of amides is 1. The number of carbonyl (C=O) groups is 1. The van der Waals surface area contributed by atoms with Gasteiger partial charge in [0.25, 0.3) is 0 Å². The quantitative estimate of drug-likeness (QED) is 0.242. The molecule has 1 amide bonds. The van der Waals surface area contributed by atoms with Gasteiger partial charge < -0.3 is 14.1 Å². The van der Waals surface area contributed by atoms with Crippen LogP contribution in [0.25, 0.3) is 17.0 Å². The molecular weight excluding hydrogens is 552 g/mol. The van der Waals surface area contributed by atoms with Crippen LogP contribution in [0.1, 0.15) is 35.1 Å². The topological polar surface area (TPSA) is 97.1 Å². The zero-order chi connectivity index (χ0) is 29.5. The Hall–Kier alpha value is -4.05. The van der Waals surface area contributed by atoms with E-state index >= 15 is 0 Å². The fraction of sp³-hybridized carbons (Fsp3) is 0.273. The van der Waals surface area contributed by atoms with Crippen LogP contribution in [0.15, 0.2) is 99.7 Å². The smallest absolute Gasteiger partial charge is 0.238 e. The molecule has 0 saturated carbocycles. The second-order valence-corrected chi connectivity index (χ2v) is 12.3. The number of hydrogen-bond donors (Lipinski definition) is 0. The first-order valence-electron chi connectivity index (χ1n) is 14.0. The normalized spacial score (nSPS) is 15.5. The molecular formula is C33H34N2O6S. The Morgan fingerprint density at radius 2 is 1.74 bits per heavy atom. The highest BCUT2D eigenvalue weighted by atomic mass is 32.2. The molecule has 9 heteroatoms. The van der Waals surface area contributed by atoms with Crippen LogP contribution >= 0.6 is 0 Å². The largest absolute Gasteiger partial charge is 0.464 e. The van der Waals surface area contributed by atoms with Crippen molar-refractivity contribution in [2.24, 2.45) is 0 Å². The van der Waals surface area contributed by atoms with Crippen LogP contribution in [0, 0.1) is 6.92 Å². The van der Waals surface area contributed by atoms with Gasteiger partial charge in [-0.25, -0.2) is 8.42 Å². The summed E-state index contributed by atoms with van der Waals surface area (Å²) in [6, 6.07) is 23.9. The summed E-state index contributed by atoms with van der Waals surface area (Å²) in [5.74, 6) is -0.433. The van der Waals surface area contributed by atoms with E-state index in [-0.39, 0.29) is 31.2 Å². The summed E-state index contributed by atoms with van der Waals surface area (Å²) in [6.45, 7) is 2.28. The summed E-state index contributed by atoms with van der Waals surface area (Å²) in [5, 5.41) is 1.57. The molecule has 0 unspecified atom stereocenters. The van der Waals surface area contributed by atoms with E-state index < -0.39 is 22.5 Å². The summed E-state index contributed by atoms with van der Waals surface area (Å²) < 4.78 is 39.7. The lowest BCUT2D eigenvalue weighted by molar-refractivity contribution is -0.132. The third kappa shape index (κ3) is 7.42. The molecule has 42 heavy (non-hydrogen) atoms. The zero-order valence-corrected chi connectivity index (χ0v) is 24.3. The Morgan fingerprint density at radius 1 is 1.00 bits per heavy atom. The molecule has 218 valence electrons. The second-order valence-electron chi connectivity index (χ2n) is 10.5. The SMILES string of the molecule is Cc1ccc2occ(CN(Cc3ccccc3)C(=O)CN(C[C@H]3CCCO3)S(=O)(=O)/C=C/c3ccccc3)c(=O)c2c1. The molecule has 2 heterocycles. The average Bonchev–Trinajstić information content (AvgIpc) is 3.51. The lowest BCUT2D eigenvalue weighted by Gasteiger charge is -2.28. The summed E-state index contributed by atoms with van der Waals surface area (Å²) >= 11 is 0. The van der Waals surface area contributed by atoms with Crippen LogP contribution < -0.4 is 5.43 Å². The van der Waals surface area contributed by atoms with Gasteiger partial charge in [0.15, 0.2) is 5.43 Å². The van der Waals surface area contributed by atoms with Gasteiger partial charge >= 0.3 is 0 Å². The van der Waals surface area contributed by atoms with E-state index in [0.717, 1.165) is 28.5 Å². The van der Waals surface area contributed by atoms with Crippen molar-refractivity contribution in [2.75, 3.05) is 19.7 Å². The highest BCUT2D eigenvalue weighted by Crippen LogP contribution is 2.19. The molecule has 1 atom stereocenters. The second kappa shape index (κ2) is 13.3. The minimum atomic E-state index is -3.98. The molecule has 1 aliphatic rings. The van der Waals surface area contributed by atoms with E-state index in [1.807, 2.05) is 61.5 Å². The Kier molecular flexibility index (Phi) is 9.31. The lowest BCUT2D eigenvalue weighted by Crippen LogP contribution is -2.44. The van der Waals surface area contributed by atoms with Crippen LogP contribution in [0.3, 0.4) is 0 Å². The Bertz CT molecular complexity index is 1710. The number of ether oxygens (including phenoxy) is 1. The number of benzene rings is 3. The molecule has 5 rings (SSSR count). The fourth-order valence-corrected chi connectivity index (χ4v) is 6.14. The minimum Gasteiger partial charge on any atom is -0.464 e. The molecule has 1 saturated heterocycles. The summed E-state index contributed by atoms with van der Waals surface area (Å²) in [5.41, 5.74) is 3.06. The first-order valence-corrected chi connectivity index (χ1v) is 15.5. The summed E-state index contributed by atoms with van der Waals surface area (Å²) in [6.07, 6.45) is 4.16. The number of aryl methyl sites for hydroxylation is 1. The number of nitrogens with zero attached hydrogens (tertiary/aromatic N) is 2. The molecule has 1 aliphatic heterocycles. The van der Waals surface area contributed by atoms with Crippen LogP contribution in [0.4, 0.5) is 0 Å². The zero-order valence-electron chi connectivity index (χ0n) is 23.5. The third-order valence-corrected chi connectivity index (χ3v) is 8.74. The Morgan fingerprint density at radius 3 is 2.45 bits per heavy atom. The number of sulfonamides is 1. The van der Waals surface area contributed by atoms with Gasteiger partial charge in [0.2, 0.25) is 15.9 Å². The number of fused-ring (bicyclic) bond motifs is 1. The number of carbonyl (C=O) groups excluding carboxylic acids is 1. The molecule has 3 aromatic carbocycles. The summed E-state index contributed by atoms with van der Waals surface area (Å²) in [4.78, 5) is 28.8.